The molecule has 0 radical (unpaired) electrons. The lowest BCUT2D eigenvalue weighted by molar-refractivity contribution is -0.162. The van der Waals surface area contributed by atoms with Crippen LogP contribution in [0.25, 0.3) is 0 Å². The van der Waals surface area contributed by atoms with E-state index in [0.717, 1.165) is 62.4 Å². The van der Waals surface area contributed by atoms with Crippen LogP contribution < -0.4 is 10.2 Å². The van der Waals surface area contributed by atoms with E-state index in [1.54, 1.807) is 0 Å². The minimum atomic E-state index is -0.121. The number of hydrogen-bond acceptors (Lipinski definition) is 4. The van der Waals surface area contributed by atoms with Crippen molar-refractivity contribution in [2.24, 2.45) is 29.1 Å². The van der Waals surface area contributed by atoms with Gasteiger partial charge in [-0.25, -0.2) is 0 Å². The second kappa shape index (κ2) is 11.6. The molecular formula is C31H44Cl2N2O3. The zero-order valence-corrected chi connectivity index (χ0v) is 24.5. The van der Waals surface area contributed by atoms with Crippen LogP contribution in [0.3, 0.4) is 0 Å². The number of nitrogens with one attached hydrogen (secondary N) is 1. The van der Waals surface area contributed by atoms with Crippen molar-refractivity contribution in [2.75, 3.05) is 29.7 Å². The zero-order chi connectivity index (χ0) is 26.9. The van der Waals surface area contributed by atoms with Crippen molar-refractivity contribution < 1.29 is 14.3 Å². The lowest BCUT2D eigenvalue weighted by Crippen LogP contribution is -2.63. The molecule has 1 heterocycles. The molecule has 3 aliphatic carbocycles. The van der Waals surface area contributed by atoms with Gasteiger partial charge in [-0.15, -0.1) is 23.2 Å². The Balaban J connectivity index is 1.16. The fourth-order valence-electron chi connectivity index (χ4n) is 8.79. The second-order valence-electron chi connectivity index (χ2n) is 12.8. The fourth-order valence-corrected chi connectivity index (χ4v) is 9.20. The summed E-state index contributed by atoms with van der Waals surface area (Å²) in [6.07, 6.45) is 9.93. The highest BCUT2D eigenvalue weighted by Crippen LogP contribution is 2.62. The van der Waals surface area contributed by atoms with E-state index in [9.17, 15) is 9.59 Å². The van der Waals surface area contributed by atoms with E-state index in [1.807, 2.05) is 24.3 Å². The Kier molecular flexibility index (Phi) is 8.55. The first-order valence-electron chi connectivity index (χ1n) is 14.7. The number of rotatable bonds is 8. The molecule has 210 valence electrons. The Morgan fingerprint density at radius 2 is 1.74 bits per heavy atom. The number of halogens is 2. The summed E-state index contributed by atoms with van der Waals surface area (Å²) < 4.78 is 6.06. The average molecular weight is 564 g/mol. The molecule has 4 fully saturated rings. The van der Waals surface area contributed by atoms with Crippen molar-refractivity contribution >= 4 is 40.8 Å². The van der Waals surface area contributed by atoms with Crippen LogP contribution in [0, 0.1) is 29.1 Å². The highest BCUT2D eigenvalue weighted by Gasteiger charge is 2.58. The van der Waals surface area contributed by atoms with E-state index >= 15 is 0 Å². The third kappa shape index (κ3) is 5.57. The number of alkyl halides is 2. The predicted octanol–water partition coefficient (Wildman–Crippen LogP) is 6.34. The van der Waals surface area contributed by atoms with Gasteiger partial charge in [0.25, 0.3) is 0 Å². The van der Waals surface area contributed by atoms with E-state index in [-0.39, 0.29) is 23.5 Å². The molecule has 7 atom stereocenters. The number of carbonyl (C=O) groups is 2. The maximum Gasteiger partial charge on any atom is 0.310 e. The third-order valence-electron chi connectivity index (χ3n) is 10.8. The molecule has 1 aromatic carbocycles. The van der Waals surface area contributed by atoms with Gasteiger partial charge in [0.2, 0.25) is 5.91 Å². The lowest BCUT2D eigenvalue weighted by atomic mass is 9.45. The standard InChI is InChI=1S/C31H44Cl2N2O3/c1-30-13-11-24(38-29(37)19-21-3-6-23(7-4-21)35(17-15-32)18-16-33)20-22(30)5-8-25-26(30)12-14-31(2)27(25)9-10-28(36)34-31/h3-4,6-7,22,24-27H,5,8-20H2,1-2H3,(H,34,36)/t22-,24-,25+,26-,27+,30+,31+/m0/s1. The smallest absolute Gasteiger partial charge is 0.310 e. The third-order valence-corrected chi connectivity index (χ3v) is 11.1. The van der Waals surface area contributed by atoms with Gasteiger partial charge in [-0.2, -0.15) is 0 Å². The molecule has 1 aromatic rings. The molecule has 0 spiro atoms. The number of hydrogen-bond donors (Lipinski definition) is 1. The van der Waals surface area contributed by atoms with E-state index in [4.69, 9.17) is 27.9 Å². The molecule has 5 rings (SSSR count). The molecule has 4 aliphatic rings. The largest absolute Gasteiger partial charge is 0.462 e. The maximum atomic E-state index is 12.9. The van der Waals surface area contributed by atoms with Gasteiger partial charge in [0.15, 0.2) is 0 Å². The predicted molar refractivity (Wildman–Crippen MR) is 154 cm³/mol. The second-order valence-corrected chi connectivity index (χ2v) is 13.6. The van der Waals surface area contributed by atoms with E-state index in [2.05, 4.69) is 24.1 Å². The molecule has 1 saturated heterocycles. The molecule has 0 bridgehead atoms. The highest BCUT2D eigenvalue weighted by molar-refractivity contribution is 6.18. The van der Waals surface area contributed by atoms with Gasteiger partial charge in [0, 0.05) is 42.5 Å². The molecule has 1 aliphatic heterocycles. The lowest BCUT2D eigenvalue weighted by Gasteiger charge is -2.62. The fraction of sp³-hybridized carbons (Fsp3) is 0.742. The molecule has 1 amide bonds. The first-order chi connectivity index (χ1) is 18.3. The Morgan fingerprint density at radius 1 is 1.00 bits per heavy atom. The topological polar surface area (TPSA) is 58.6 Å². The van der Waals surface area contributed by atoms with Gasteiger partial charge >= 0.3 is 5.97 Å². The molecule has 7 heteroatoms. The number of nitrogens with zero attached hydrogens (tertiary/aromatic N) is 1. The Labute approximate surface area is 238 Å². The van der Waals surface area contributed by atoms with Crippen molar-refractivity contribution in [3.8, 4) is 0 Å². The summed E-state index contributed by atoms with van der Waals surface area (Å²) in [5, 5.41) is 3.37. The van der Waals surface area contributed by atoms with Crippen LogP contribution in [-0.4, -0.2) is 48.4 Å². The Morgan fingerprint density at radius 3 is 2.45 bits per heavy atom. The van der Waals surface area contributed by atoms with E-state index in [0.29, 0.717) is 47.8 Å². The summed E-state index contributed by atoms with van der Waals surface area (Å²) in [5.41, 5.74) is 2.35. The van der Waals surface area contributed by atoms with E-state index < -0.39 is 0 Å². The van der Waals surface area contributed by atoms with Gasteiger partial charge in [-0.1, -0.05) is 19.1 Å². The average Bonchev–Trinajstić information content (AvgIpc) is 2.88. The van der Waals surface area contributed by atoms with Crippen LogP contribution in [0.15, 0.2) is 24.3 Å². The monoisotopic (exact) mass is 562 g/mol. The minimum Gasteiger partial charge on any atom is -0.462 e. The summed E-state index contributed by atoms with van der Waals surface area (Å²) in [6, 6.07) is 8.10. The highest BCUT2D eigenvalue weighted by atomic mass is 35.5. The van der Waals surface area contributed by atoms with Crippen molar-refractivity contribution in [2.45, 2.75) is 89.7 Å². The molecular weight excluding hydrogens is 519 g/mol. The zero-order valence-electron chi connectivity index (χ0n) is 23.0. The van der Waals surface area contributed by atoms with Crippen molar-refractivity contribution in [3.63, 3.8) is 0 Å². The van der Waals surface area contributed by atoms with Gasteiger partial charge < -0.3 is 15.0 Å². The van der Waals surface area contributed by atoms with Crippen molar-refractivity contribution in [1.29, 1.82) is 0 Å². The number of ether oxygens (including phenoxy) is 1. The normalized spacial score (nSPS) is 36.3. The molecule has 38 heavy (non-hydrogen) atoms. The number of carbonyl (C=O) groups excluding carboxylic acids is 2. The van der Waals surface area contributed by atoms with Crippen molar-refractivity contribution in [3.05, 3.63) is 29.8 Å². The molecule has 5 nitrogen and oxygen atoms in total. The molecule has 0 unspecified atom stereocenters. The van der Waals surface area contributed by atoms with E-state index in [1.165, 1.54) is 19.3 Å². The van der Waals surface area contributed by atoms with Crippen LogP contribution >= 0.6 is 23.2 Å². The van der Waals surface area contributed by atoms with Gasteiger partial charge in [0.1, 0.15) is 6.10 Å². The summed E-state index contributed by atoms with van der Waals surface area (Å²) >= 11 is 11.9. The molecule has 0 aromatic heterocycles. The maximum absolute atomic E-state index is 12.9. The van der Waals surface area contributed by atoms with Crippen molar-refractivity contribution in [1.82, 2.24) is 5.32 Å². The Bertz CT molecular complexity index is 997. The molecule has 3 saturated carbocycles. The van der Waals surface area contributed by atoms with Crippen LogP contribution in [0.2, 0.25) is 0 Å². The van der Waals surface area contributed by atoms with Crippen LogP contribution in [-0.2, 0) is 20.7 Å². The summed E-state index contributed by atoms with van der Waals surface area (Å²) in [6.45, 7) is 6.31. The number of anilines is 1. The van der Waals surface area contributed by atoms with Gasteiger partial charge in [0.05, 0.1) is 6.42 Å². The first kappa shape index (κ1) is 28.1. The SMILES string of the molecule is C[C@@]12CC[C@H](OC(=O)Cc3ccc(N(CCCl)CCCl)cc3)C[C@@H]1CC[C@H]1[C@H]3CCC(=O)N[C@]3(C)CC[C@@H]12. The minimum absolute atomic E-state index is 0.0167. The van der Waals surface area contributed by atoms with Gasteiger partial charge in [-0.3, -0.25) is 9.59 Å². The number of esters is 1. The first-order valence-corrected chi connectivity index (χ1v) is 15.8. The summed E-state index contributed by atoms with van der Waals surface area (Å²) in [4.78, 5) is 27.2. The van der Waals surface area contributed by atoms with Crippen LogP contribution in [0.5, 0.6) is 0 Å². The number of amides is 1. The quantitative estimate of drug-likeness (QED) is 0.297. The molecule has 1 N–H and O–H groups in total. The van der Waals surface area contributed by atoms with Gasteiger partial charge in [-0.05, 0) is 105 Å². The van der Waals surface area contributed by atoms with Crippen LogP contribution in [0.1, 0.15) is 77.2 Å². The number of piperidine rings is 1. The summed E-state index contributed by atoms with van der Waals surface area (Å²) in [5.74, 6) is 3.87. The summed E-state index contributed by atoms with van der Waals surface area (Å²) in [7, 11) is 0. The number of benzene rings is 1. The van der Waals surface area contributed by atoms with Crippen LogP contribution in [0.4, 0.5) is 5.69 Å². The Hall–Kier alpha value is -1.46. The number of fused-ring (bicyclic) bond motifs is 5.